The van der Waals surface area contributed by atoms with E-state index in [1.54, 1.807) is 0 Å². The van der Waals surface area contributed by atoms with Crippen LogP contribution < -0.4 is 5.32 Å². The molecule has 0 amide bonds. The minimum atomic E-state index is 0.255. The van der Waals surface area contributed by atoms with Crippen LogP contribution in [0.4, 0.5) is 5.82 Å². The first-order valence-corrected chi connectivity index (χ1v) is 9.06. The summed E-state index contributed by atoms with van der Waals surface area (Å²) >= 11 is 6.00. The average molecular weight is 354 g/mol. The molecule has 2 aromatic carbocycles. The highest BCUT2D eigenvalue weighted by Gasteiger charge is 2.15. The Kier molecular flexibility index (Phi) is 4.81. The fourth-order valence-corrected chi connectivity index (χ4v) is 3.36. The SMILES string of the molecule is Clc1ccc(-c2nnc(NCC3CCCCO3)c3ccccc23)cc1. The van der Waals surface area contributed by atoms with Gasteiger partial charge in [0.2, 0.25) is 0 Å². The minimum Gasteiger partial charge on any atom is -0.376 e. The Morgan fingerprint density at radius 3 is 2.56 bits per heavy atom. The second-order valence-corrected chi connectivity index (χ2v) is 6.76. The van der Waals surface area contributed by atoms with Crippen LogP contribution in [-0.4, -0.2) is 29.5 Å². The van der Waals surface area contributed by atoms with Gasteiger partial charge in [0.1, 0.15) is 5.69 Å². The van der Waals surface area contributed by atoms with Crippen molar-refractivity contribution in [2.75, 3.05) is 18.5 Å². The molecule has 1 fully saturated rings. The van der Waals surface area contributed by atoms with Crippen LogP contribution in [0.1, 0.15) is 19.3 Å². The van der Waals surface area contributed by atoms with Crippen molar-refractivity contribution in [2.45, 2.75) is 25.4 Å². The Morgan fingerprint density at radius 1 is 1.00 bits per heavy atom. The largest absolute Gasteiger partial charge is 0.376 e. The van der Waals surface area contributed by atoms with Crippen molar-refractivity contribution in [1.82, 2.24) is 10.2 Å². The van der Waals surface area contributed by atoms with E-state index in [0.717, 1.165) is 53.8 Å². The molecule has 0 radical (unpaired) electrons. The van der Waals surface area contributed by atoms with Crippen molar-refractivity contribution in [1.29, 1.82) is 0 Å². The molecule has 0 spiro atoms. The number of hydrogen-bond acceptors (Lipinski definition) is 4. The molecule has 1 aromatic heterocycles. The number of halogens is 1. The zero-order valence-electron chi connectivity index (χ0n) is 13.9. The molecule has 4 nitrogen and oxygen atoms in total. The summed E-state index contributed by atoms with van der Waals surface area (Å²) in [7, 11) is 0. The van der Waals surface area contributed by atoms with Gasteiger partial charge < -0.3 is 10.1 Å². The Balaban J connectivity index is 1.65. The van der Waals surface area contributed by atoms with Gasteiger partial charge in [0.25, 0.3) is 0 Å². The maximum Gasteiger partial charge on any atom is 0.156 e. The van der Waals surface area contributed by atoms with E-state index in [9.17, 15) is 0 Å². The number of nitrogens with zero attached hydrogens (tertiary/aromatic N) is 2. The topological polar surface area (TPSA) is 47.0 Å². The molecule has 1 N–H and O–H groups in total. The van der Waals surface area contributed by atoms with Crippen molar-refractivity contribution in [3.63, 3.8) is 0 Å². The molecular weight excluding hydrogens is 334 g/mol. The molecule has 3 aromatic rings. The van der Waals surface area contributed by atoms with Gasteiger partial charge in [-0.25, -0.2) is 0 Å². The number of ether oxygens (including phenoxy) is 1. The van der Waals surface area contributed by atoms with E-state index in [0.29, 0.717) is 5.02 Å². The Morgan fingerprint density at radius 2 is 1.80 bits per heavy atom. The smallest absolute Gasteiger partial charge is 0.156 e. The fourth-order valence-electron chi connectivity index (χ4n) is 3.23. The Hall–Kier alpha value is -2.17. The summed E-state index contributed by atoms with van der Waals surface area (Å²) in [6.45, 7) is 1.62. The molecule has 5 heteroatoms. The van der Waals surface area contributed by atoms with Crippen LogP contribution in [0.2, 0.25) is 5.02 Å². The van der Waals surface area contributed by atoms with Crippen molar-refractivity contribution in [3.8, 4) is 11.3 Å². The maximum absolute atomic E-state index is 6.00. The third-order valence-corrected chi connectivity index (χ3v) is 4.83. The van der Waals surface area contributed by atoms with Gasteiger partial charge in [0.15, 0.2) is 5.82 Å². The fraction of sp³-hybridized carbons (Fsp3) is 0.300. The molecule has 25 heavy (non-hydrogen) atoms. The number of benzene rings is 2. The Bertz CT molecular complexity index is 860. The first-order valence-electron chi connectivity index (χ1n) is 8.68. The molecule has 128 valence electrons. The van der Waals surface area contributed by atoms with E-state index in [4.69, 9.17) is 16.3 Å². The quantitative estimate of drug-likeness (QED) is 0.722. The molecular formula is C20H20ClN3O. The second-order valence-electron chi connectivity index (χ2n) is 6.32. The summed E-state index contributed by atoms with van der Waals surface area (Å²) < 4.78 is 5.79. The van der Waals surface area contributed by atoms with Crippen LogP contribution in [-0.2, 0) is 4.74 Å². The van der Waals surface area contributed by atoms with Gasteiger partial charge in [-0.15, -0.1) is 10.2 Å². The predicted molar refractivity (Wildman–Crippen MR) is 102 cm³/mol. The van der Waals surface area contributed by atoms with Crippen LogP contribution in [0.15, 0.2) is 48.5 Å². The standard InChI is InChI=1S/C20H20ClN3O/c21-15-10-8-14(9-11-15)19-17-6-1-2-7-18(17)20(24-23-19)22-13-16-5-3-4-12-25-16/h1-2,6-11,16H,3-5,12-13H2,(H,22,24). The number of anilines is 1. The van der Waals surface area contributed by atoms with E-state index in [-0.39, 0.29) is 6.10 Å². The molecule has 4 rings (SSSR count). The van der Waals surface area contributed by atoms with E-state index in [1.165, 1.54) is 6.42 Å². The summed E-state index contributed by atoms with van der Waals surface area (Å²) in [5.74, 6) is 0.808. The highest BCUT2D eigenvalue weighted by molar-refractivity contribution is 6.30. The lowest BCUT2D eigenvalue weighted by molar-refractivity contribution is 0.0247. The summed E-state index contributed by atoms with van der Waals surface area (Å²) in [5, 5.41) is 15.2. The lowest BCUT2D eigenvalue weighted by atomic mass is 10.0. The molecule has 1 aliphatic heterocycles. The molecule has 0 bridgehead atoms. The molecule has 0 saturated carbocycles. The molecule has 0 aliphatic carbocycles. The van der Waals surface area contributed by atoms with Gasteiger partial charge in [-0.1, -0.05) is 48.0 Å². The van der Waals surface area contributed by atoms with Gasteiger partial charge in [0.05, 0.1) is 6.10 Å². The maximum atomic E-state index is 6.00. The van der Waals surface area contributed by atoms with Crippen LogP contribution in [0, 0.1) is 0 Å². The zero-order chi connectivity index (χ0) is 17.1. The number of hydrogen-bond donors (Lipinski definition) is 1. The van der Waals surface area contributed by atoms with Gasteiger partial charge in [-0.2, -0.15) is 0 Å². The van der Waals surface area contributed by atoms with Crippen LogP contribution in [0.25, 0.3) is 22.0 Å². The Labute approximate surface area is 152 Å². The normalized spacial score (nSPS) is 17.6. The summed E-state index contributed by atoms with van der Waals surface area (Å²) in [5.41, 5.74) is 1.88. The van der Waals surface area contributed by atoms with Crippen molar-refractivity contribution < 1.29 is 4.74 Å². The molecule has 2 heterocycles. The van der Waals surface area contributed by atoms with E-state index >= 15 is 0 Å². The number of nitrogens with one attached hydrogen (secondary N) is 1. The summed E-state index contributed by atoms with van der Waals surface area (Å²) in [6, 6.07) is 15.9. The average Bonchev–Trinajstić information content (AvgIpc) is 2.68. The van der Waals surface area contributed by atoms with Crippen molar-refractivity contribution in [2.24, 2.45) is 0 Å². The van der Waals surface area contributed by atoms with Gasteiger partial charge in [-0.3, -0.25) is 0 Å². The second kappa shape index (κ2) is 7.38. The van der Waals surface area contributed by atoms with Gasteiger partial charge >= 0.3 is 0 Å². The number of aromatic nitrogens is 2. The highest BCUT2D eigenvalue weighted by atomic mass is 35.5. The van der Waals surface area contributed by atoms with Crippen molar-refractivity contribution >= 4 is 28.2 Å². The molecule has 1 unspecified atom stereocenters. The lowest BCUT2D eigenvalue weighted by Gasteiger charge is -2.23. The molecule has 1 atom stereocenters. The minimum absolute atomic E-state index is 0.255. The third-order valence-electron chi connectivity index (χ3n) is 4.58. The lowest BCUT2D eigenvalue weighted by Crippen LogP contribution is -2.27. The zero-order valence-corrected chi connectivity index (χ0v) is 14.7. The molecule has 1 aliphatic rings. The monoisotopic (exact) mass is 353 g/mol. The van der Waals surface area contributed by atoms with Crippen LogP contribution in [0.5, 0.6) is 0 Å². The van der Waals surface area contributed by atoms with Gasteiger partial charge in [-0.05, 0) is 31.4 Å². The third kappa shape index (κ3) is 3.60. The first-order chi connectivity index (χ1) is 12.3. The van der Waals surface area contributed by atoms with Crippen LogP contribution >= 0.6 is 11.6 Å². The highest BCUT2D eigenvalue weighted by Crippen LogP contribution is 2.30. The summed E-state index contributed by atoms with van der Waals surface area (Å²) in [4.78, 5) is 0. The van der Waals surface area contributed by atoms with Crippen LogP contribution in [0.3, 0.4) is 0 Å². The predicted octanol–water partition coefficient (Wildman–Crippen LogP) is 4.93. The van der Waals surface area contributed by atoms with E-state index in [1.807, 2.05) is 36.4 Å². The number of rotatable bonds is 4. The van der Waals surface area contributed by atoms with E-state index in [2.05, 4.69) is 27.6 Å². The summed E-state index contributed by atoms with van der Waals surface area (Å²) in [6.07, 6.45) is 3.75. The number of fused-ring (bicyclic) bond motifs is 1. The van der Waals surface area contributed by atoms with E-state index < -0.39 is 0 Å². The molecule has 1 saturated heterocycles. The van der Waals surface area contributed by atoms with Crippen molar-refractivity contribution in [3.05, 3.63) is 53.6 Å². The first kappa shape index (κ1) is 16.3. The van der Waals surface area contributed by atoms with Gasteiger partial charge in [0, 0.05) is 34.5 Å².